The molecule has 1 aromatic carbocycles. The molecule has 4 rings (SSSR count). The van der Waals surface area contributed by atoms with Gasteiger partial charge in [0.05, 0.1) is 5.69 Å². The molecule has 0 saturated heterocycles. The van der Waals surface area contributed by atoms with E-state index in [0.717, 1.165) is 22.1 Å². The first kappa shape index (κ1) is 13.2. The van der Waals surface area contributed by atoms with E-state index in [2.05, 4.69) is 21.8 Å². The smallest absolute Gasteiger partial charge is 0.231 e. The van der Waals surface area contributed by atoms with Crippen LogP contribution in [0.4, 0.5) is 5.69 Å². The van der Waals surface area contributed by atoms with Crippen LogP contribution in [0.15, 0.2) is 29.8 Å². The molecular weight excluding hydrogens is 298 g/mol. The van der Waals surface area contributed by atoms with E-state index in [1.165, 1.54) is 24.2 Å². The number of nitriles is 1. The Morgan fingerprint density at radius 2 is 2.23 bits per heavy atom. The Kier molecular flexibility index (Phi) is 3.20. The standard InChI is InChI=1S/C16H13N3O2S/c17-6-11(16-19-13(8-22-16)10-1-2-10)7-18-12-3-4-14-15(5-12)21-9-20-14/h3-5,7-8,10,18H,1-2,9H2. The lowest BCUT2D eigenvalue weighted by Gasteiger charge is -2.03. The van der Waals surface area contributed by atoms with Gasteiger partial charge in [0, 0.05) is 29.3 Å². The molecule has 0 atom stereocenters. The molecule has 5 nitrogen and oxygen atoms in total. The summed E-state index contributed by atoms with van der Waals surface area (Å²) in [7, 11) is 0. The molecule has 22 heavy (non-hydrogen) atoms. The summed E-state index contributed by atoms with van der Waals surface area (Å²) in [5.74, 6) is 2.05. The van der Waals surface area contributed by atoms with E-state index in [9.17, 15) is 5.26 Å². The van der Waals surface area contributed by atoms with Crippen molar-refractivity contribution in [3.63, 3.8) is 0 Å². The van der Waals surface area contributed by atoms with Crippen LogP contribution >= 0.6 is 11.3 Å². The first-order chi connectivity index (χ1) is 10.8. The van der Waals surface area contributed by atoms with Crippen molar-refractivity contribution in [3.05, 3.63) is 40.5 Å². The number of hydrogen-bond donors (Lipinski definition) is 1. The Bertz CT molecular complexity index is 787. The Hall–Kier alpha value is -2.52. The van der Waals surface area contributed by atoms with E-state index in [0.29, 0.717) is 17.2 Å². The van der Waals surface area contributed by atoms with Crippen molar-refractivity contribution in [1.29, 1.82) is 5.26 Å². The van der Waals surface area contributed by atoms with Gasteiger partial charge in [0.15, 0.2) is 11.5 Å². The zero-order valence-electron chi connectivity index (χ0n) is 11.7. The number of allylic oxidation sites excluding steroid dienone is 1. The summed E-state index contributed by atoms with van der Waals surface area (Å²) < 4.78 is 10.6. The molecule has 1 aromatic heterocycles. The van der Waals surface area contributed by atoms with E-state index >= 15 is 0 Å². The Morgan fingerprint density at radius 3 is 3.05 bits per heavy atom. The largest absolute Gasteiger partial charge is 0.454 e. The van der Waals surface area contributed by atoms with Crippen LogP contribution in [-0.2, 0) is 0 Å². The average Bonchev–Trinajstić information content (AvgIpc) is 3.10. The maximum Gasteiger partial charge on any atom is 0.231 e. The highest BCUT2D eigenvalue weighted by atomic mass is 32.1. The van der Waals surface area contributed by atoms with Crippen molar-refractivity contribution in [3.8, 4) is 17.6 Å². The van der Waals surface area contributed by atoms with Gasteiger partial charge in [-0.3, -0.25) is 0 Å². The second kappa shape index (κ2) is 5.35. The van der Waals surface area contributed by atoms with Crippen LogP contribution < -0.4 is 14.8 Å². The lowest BCUT2D eigenvalue weighted by molar-refractivity contribution is 0.174. The molecule has 0 radical (unpaired) electrons. The van der Waals surface area contributed by atoms with Gasteiger partial charge in [-0.1, -0.05) is 0 Å². The second-order valence-electron chi connectivity index (χ2n) is 5.23. The Balaban J connectivity index is 1.53. The third-order valence-electron chi connectivity index (χ3n) is 3.62. The number of thiazole rings is 1. The molecule has 1 fully saturated rings. The third-order valence-corrected chi connectivity index (χ3v) is 4.52. The molecule has 0 amide bonds. The molecular formula is C16H13N3O2S. The van der Waals surface area contributed by atoms with Crippen LogP contribution in [0.3, 0.4) is 0 Å². The Morgan fingerprint density at radius 1 is 1.36 bits per heavy atom. The highest BCUT2D eigenvalue weighted by molar-refractivity contribution is 7.10. The van der Waals surface area contributed by atoms with Gasteiger partial charge in [-0.15, -0.1) is 11.3 Å². The van der Waals surface area contributed by atoms with E-state index in [4.69, 9.17) is 9.47 Å². The number of fused-ring (bicyclic) bond motifs is 1. The Labute approximate surface area is 131 Å². The minimum atomic E-state index is 0.251. The van der Waals surface area contributed by atoms with Gasteiger partial charge in [0.1, 0.15) is 16.6 Å². The minimum absolute atomic E-state index is 0.251. The molecule has 1 saturated carbocycles. The molecule has 1 aliphatic carbocycles. The SMILES string of the molecule is N#CC(=CNc1ccc2c(c1)OCO2)c1nc(C2CC2)cs1. The first-order valence-electron chi connectivity index (χ1n) is 7.06. The first-order valence-corrected chi connectivity index (χ1v) is 7.94. The summed E-state index contributed by atoms with van der Waals surface area (Å²) in [6.45, 7) is 0.251. The van der Waals surface area contributed by atoms with Crippen molar-refractivity contribution in [2.45, 2.75) is 18.8 Å². The van der Waals surface area contributed by atoms with Crippen molar-refractivity contribution in [1.82, 2.24) is 4.98 Å². The van der Waals surface area contributed by atoms with Crippen molar-refractivity contribution < 1.29 is 9.47 Å². The fourth-order valence-corrected chi connectivity index (χ4v) is 3.13. The van der Waals surface area contributed by atoms with Gasteiger partial charge < -0.3 is 14.8 Å². The van der Waals surface area contributed by atoms with E-state index < -0.39 is 0 Å². The van der Waals surface area contributed by atoms with Crippen LogP contribution in [0.5, 0.6) is 11.5 Å². The van der Waals surface area contributed by atoms with Gasteiger partial charge in [0.2, 0.25) is 6.79 Å². The predicted octanol–water partition coefficient (Wildman–Crippen LogP) is 3.73. The normalized spacial score (nSPS) is 16.4. The number of benzene rings is 1. The van der Waals surface area contributed by atoms with Crippen LogP contribution in [-0.4, -0.2) is 11.8 Å². The molecule has 2 aromatic rings. The van der Waals surface area contributed by atoms with Gasteiger partial charge >= 0.3 is 0 Å². The summed E-state index contributed by atoms with van der Waals surface area (Å²) in [5, 5.41) is 15.3. The summed E-state index contributed by atoms with van der Waals surface area (Å²) in [6, 6.07) is 7.79. The topological polar surface area (TPSA) is 67.2 Å². The summed E-state index contributed by atoms with van der Waals surface area (Å²) >= 11 is 1.52. The molecule has 2 aliphatic rings. The summed E-state index contributed by atoms with van der Waals surface area (Å²) in [6.07, 6.45) is 4.11. The molecule has 1 N–H and O–H groups in total. The number of anilines is 1. The van der Waals surface area contributed by atoms with Gasteiger partial charge in [0.25, 0.3) is 0 Å². The molecule has 0 bridgehead atoms. The summed E-state index contributed by atoms with van der Waals surface area (Å²) in [5.41, 5.74) is 2.50. The van der Waals surface area contributed by atoms with Crippen LogP contribution in [0.1, 0.15) is 29.5 Å². The fraction of sp³-hybridized carbons (Fsp3) is 0.250. The number of hydrogen-bond acceptors (Lipinski definition) is 6. The highest BCUT2D eigenvalue weighted by Crippen LogP contribution is 2.41. The minimum Gasteiger partial charge on any atom is -0.454 e. The number of rotatable bonds is 4. The van der Waals surface area contributed by atoms with Crippen molar-refractivity contribution >= 4 is 22.6 Å². The predicted molar refractivity (Wildman–Crippen MR) is 83.9 cm³/mol. The van der Waals surface area contributed by atoms with E-state index in [1.807, 2.05) is 18.2 Å². The number of nitrogens with one attached hydrogen (secondary N) is 1. The van der Waals surface area contributed by atoms with Gasteiger partial charge in [-0.25, -0.2) is 4.98 Å². The lowest BCUT2D eigenvalue weighted by Crippen LogP contribution is -1.93. The van der Waals surface area contributed by atoms with Crippen LogP contribution in [0.25, 0.3) is 5.57 Å². The molecule has 0 unspecified atom stereocenters. The zero-order valence-corrected chi connectivity index (χ0v) is 12.5. The summed E-state index contributed by atoms with van der Waals surface area (Å²) in [4.78, 5) is 4.56. The molecule has 6 heteroatoms. The fourth-order valence-electron chi connectivity index (χ4n) is 2.26. The average molecular weight is 311 g/mol. The number of aromatic nitrogens is 1. The lowest BCUT2D eigenvalue weighted by atomic mass is 10.2. The molecule has 2 heterocycles. The van der Waals surface area contributed by atoms with Gasteiger partial charge in [-0.05, 0) is 25.0 Å². The van der Waals surface area contributed by atoms with Crippen molar-refractivity contribution in [2.75, 3.05) is 12.1 Å². The van der Waals surface area contributed by atoms with Crippen LogP contribution in [0, 0.1) is 11.3 Å². The number of nitrogens with zero attached hydrogens (tertiary/aromatic N) is 2. The maximum atomic E-state index is 9.34. The zero-order chi connectivity index (χ0) is 14.9. The molecule has 110 valence electrons. The van der Waals surface area contributed by atoms with E-state index in [-0.39, 0.29) is 6.79 Å². The number of ether oxygens (including phenoxy) is 2. The highest BCUT2D eigenvalue weighted by Gasteiger charge is 2.26. The third kappa shape index (κ3) is 2.51. The molecule has 0 spiro atoms. The quantitative estimate of drug-likeness (QED) is 0.872. The monoisotopic (exact) mass is 311 g/mol. The van der Waals surface area contributed by atoms with Gasteiger partial charge in [-0.2, -0.15) is 5.26 Å². The second-order valence-corrected chi connectivity index (χ2v) is 6.09. The van der Waals surface area contributed by atoms with Crippen LogP contribution in [0.2, 0.25) is 0 Å². The molecule has 1 aliphatic heterocycles. The van der Waals surface area contributed by atoms with E-state index in [1.54, 1.807) is 6.20 Å². The maximum absolute atomic E-state index is 9.34. The van der Waals surface area contributed by atoms with Crippen molar-refractivity contribution in [2.24, 2.45) is 0 Å².